The van der Waals surface area contributed by atoms with Gasteiger partial charge in [0, 0.05) is 10.6 Å². The number of hydrogen-bond acceptors (Lipinski definition) is 4. The molecule has 1 rings (SSSR count). The van der Waals surface area contributed by atoms with Gasteiger partial charge in [-0.1, -0.05) is 12.1 Å². The van der Waals surface area contributed by atoms with E-state index in [1.807, 2.05) is 37.4 Å². The Bertz CT molecular complexity index is 351. The number of benzene rings is 1. The van der Waals surface area contributed by atoms with Crippen molar-refractivity contribution in [3.8, 4) is 0 Å². The fourth-order valence-electron chi connectivity index (χ4n) is 1.34. The number of thioether (sulfide) groups is 1. The number of nitrogens with zero attached hydrogens (tertiary/aromatic N) is 1. The molecule has 0 saturated carbocycles. The Balaban J connectivity index is 2.70. The first-order chi connectivity index (χ1) is 7.71. The zero-order valence-corrected chi connectivity index (χ0v) is 10.3. The van der Waals surface area contributed by atoms with Gasteiger partial charge in [-0.25, -0.2) is 0 Å². The topological polar surface area (TPSA) is 70.6 Å². The highest BCUT2D eigenvalue weighted by Gasteiger charge is 2.10. The van der Waals surface area contributed by atoms with Crippen LogP contribution in [-0.4, -0.2) is 23.3 Å². The molecule has 0 heterocycles. The highest BCUT2D eigenvalue weighted by Crippen LogP contribution is 2.18. The Morgan fingerprint density at radius 1 is 1.50 bits per heavy atom. The van der Waals surface area contributed by atoms with E-state index in [0.29, 0.717) is 0 Å². The lowest BCUT2D eigenvalue weighted by molar-refractivity contribution is 0.316. The van der Waals surface area contributed by atoms with Gasteiger partial charge < -0.3 is 16.3 Å². The zero-order valence-electron chi connectivity index (χ0n) is 9.47. The van der Waals surface area contributed by atoms with Gasteiger partial charge in [-0.15, -0.1) is 11.8 Å². The highest BCUT2D eigenvalue weighted by atomic mass is 32.2. The molecule has 16 heavy (non-hydrogen) atoms. The lowest BCUT2D eigenvalue weighted by atomic mass is 10.2. The molecule has 4 nitrogen and oxygen atoms in total. The van der Waals surface area contributed by atoms with Gasteiger partial charge in [0.15, 0.2) is 5.84 Å². The summed E-state index contributed by atoms with van der Waals surface area (Å²) in [7, 11) is 0. The van der Waals surface area contributed by atoms with Crippen LogP contribution in [0.1, 0.15) is 13.3 Å². The monoisotopic (exact) mass is 239 g/mol. The Kier molecular flexibility index (Phi) is 4.98. The van der Waals surface area contributed by atoms with Crippen LogP contribution in [0.15, 0.2) is 34.3 Å². The van der Waals surface area contributed by atoms with E-state index in [4.69, 9.17) is 10.9 Å². The Hall–Kier alpha value is -1.36. The van der Waals surface area contributed by atoms with Crippen molar-refractivity contribution in [2.45, 2.75) is 24.3 Å². The third-order valence-corrected chi connectivity index (χ3v) is 3.06. The van der Waals surface area contributed by atoms with Crippen LogP contribution in [0.5, 0.6) is 0 Å². The van der Waals surface area contributed by atoms with Gasteiger partial charge in [-0.2, -0.15) is 0 Å². The van der Waals surface area contributed by atoms with Crippen molar-refractivity contribution in [1.82, 2.24) is 0 Å². The van der Waals surface area contributed by atoms with Crippen LogP contribution in [0.3, 0.4) is 0 Å². The van der Waals surface area contributed by atoms with Crippen molar-refractivity contribution < 1.29 is 5.21 Å². The summed E-state index contributed by atoms with van der Waals surface area (Å²) in [5.41, 5.74) is 6.53. The smallest absolute Gasteiger partial charge is 0.161 e. The predicted octanol–water partition coefficient (Wildman–Crippen LogP) is 2.35. The maximum absolute atomic E-state index is 8.62. The summed E-state index contributed by atoms with van der Waals surface area (Å²) in [5.74, 6) is 0.205. The molecule has 4 N–H and O–H groups in total. The van der Waals surface area contributed by atoms with E-state index in [1.54, 1.807) is 11.8 Å². The summed E-state index contributed by atoms with van der Waals surface area (Å²) in [6, 6.07) is 7.90. The van der Waals surface area contributed by atoms with E-state index in [-0.39, 0.29) is 11.9 Å². The van der Waals surface area contributed by atoms with Crippen molar-refractivity contribution in [1.29, 1.82) is 0 Å². The molecule has 0 aliphatic heterocycles. The van der Waals surface area contributed by atoms with Crippen LogP contribution >= 0.6 is 11.8 Å². The molecule has 1 aromatic rings. The fraction of sp³-hybridized carbons (Fsp3) is 0.364. The number of rotatable bonds is 5. The van der Waals surface area contributed by atoms with Gasteiger partial charge in [0.25, 0.3) is 0 Å². The SMILES string of the molecule is CCC(Nc1ccc(SC)cc1)C(N)=NO. The molecule has 1 unspecified atom stereocenters. The maximum atomic E-state index is 8.62. The first-order valence-corrected chi connectivity index (χ1v) is 6.31. The molecule has 0 aliphatic carbocycles. The van der Waals surface area contributed by atoms with Gasteiger partial charge in [-0.3, -0.25) is 0 Å². The van der Waals surface area contributed by atoms with Crippen molar-refractivity contribution in [3.05, 3.63) is 24.3 Å². The van der Waals surface area contributed by atoms with E-state index in [9.17, 15) is 0 Å². The van der Waals surface area contributed by atoms with Gasteiger partial charge >= 0.3 is 0 Å². The standard InChI is InChI=1S/C11H17N3OS/c1-3-10(11(12)14-15)13-8-4-6-9(16-2)7-5-8/h4-7,10,13,15H,3H2,1-2H3,(H2,12,14). The summed E-state index contributed by atoms with van der Waals surface area (Å²) in [6.45, 7) is 1.98. The third kappa shape index (κ3) is 3.34. The molecule has 0 aliphatic rings. The highest BCUT2D eigenvalue weighted by molar-refractivity contribution is 7.98. The molecule has 0 saturated heterocycles. The molecular weight excluding hydrogens is 222 g/mol. The molecule has 0 spiro atoms. The number of hydrogen-bond donors (Lipinski definition) is 3. The number of oxime groups is 1. The zero-order chi connectivity index (χ0) is 12.0. The number of nitrogens with two attached hydrogens (primary N) is 1. The minimum Gasteiger partial charge on any atom is -0.409 e. The first kappa shape index (κ1) is 12.7. The lowest BCUT2D eigenvalue weighted by Crippen LogP contribution is -2.35. The van der Waals surface area contributed by atoms with E-state index in [0.717, 1.165) is 12.1 Å². The van der Waals surface area contributed by atoms with E-state index in [1.165, 1.54) is 4.90 Å². The van der Waals surface area contributed by atoms with E-state index >= 15 is 0 Å². The van der Waals surface area contributed by atoms with E-state index < -0.39 is 0 Å². The largest absolute Gasteiger partial charge is 0.409 e. The molecule has 0 amide bonds. The lowest BCUT2D eigenvalue weighted by Gasteiger charge is -2.16. The average molecular weight is 239 g/mol. The molecule has 0 aromatic heterocycles. The minimum atomic E-state index is -0.134. The van der Waals surface area contributed by atoms with Crippen LogP contribution in [-0.2, 0) is 0 Å². The molecule has 0 fully saturated rings. The maximum Gasteiger partial charge on any atom is 0.161 e. The van der Waals surface area contributed by atoms with Crippen molar-refractivity contribution in [3.63, 3.8) is 0 Å². The first-order valence-electron chi connectivity index (χ1n) is 5.09. The van der Waals surface area contributed by atoms with Crippen LogP contribution < -0.4 is 11.1 Å². The minimum absolute atomic E-state index is 0.134. The molecule has 0 bridgehead atoms. The Labute approximate surface area is 99.9 Å². The summed E-state index contributed by atoms with van der Waals surface area (Å²) in [4.78, 5) is 1.21. The van der Waals surface area contributed by atoms with Crippen molar-refractivity contribution in [2.24, 2.45) is 10.9 Å². The molecule has 1 aromatic carbocycles. The number of anilines is 1. The van der Waals surface area contributed by atoms with Gasteiger partial charge in [0.2, 0.25) is 0 Å². The van der Waals surface area contributed by atoms with Crippen LogP contribution in [0.25, 0.3) is 0 Å². The Morgan fingerprint density at radius 3 is 2.56 bits per heavy atom. The fourth-order valence-corrected chi connectivity index (χ4v) is 1.75. The van der Waals surface area contributed by atoms with Gasteiger partial charge in [0.05, 0.1) is 6.04 Å². The van der Waals surface area contributed by atoms with Gasteiger partial charge in [0.1, 0.15) is 0 Å². The second-order valence-electron chi connectivity index (χ2n) is 3.36. The van der Waals surface area contributed by atoms with E-state index in [2.05, 4.69) is 10.5 Å². The number of nitrogens with one attached hydrogen (secondary N) is 1. The van der Waals surface area contributed by atoms with Crippen molar-refractivity contribution >= 4 is 23.3 Å². The van der Waals surface area contributed by atoms with Crippen LogP contribution in [0.4, 0.5) is 5.69 Å². The predicted molar refractivity (Wildman–Crippen MR) is 69.3 cm³/mol. The normalized spacial score (nSPS) is 13.5. The summed E-state index contributed by atoms with van der Waals surface area (Å²) >= 11 is 1.70. The quantitative estimate of drug-likeness (QED) is 0.242. The van der Waals surface area contributed by atoms with Crippen LogP contribution in [0, 0.1) is 0 Å². The molecule has 1 atom stereocenters. The van der Waals surface area contributed by atoms with Crippen molar-refractivity contribution in [2.75, 3.05) is 11.6 Å². The molecular formula is C11H17N3OS. The summed E-state index contributed by atoms with van der Waals surface area (Å²) in [6.07, 6.45) is 2.80. The van der Waals surface area contributed by atoms with Crippen LogP contribution in [0.2, 0.25) is 0 Å². The second kappa shape index (κ2) is 6.27. The average Bonchev–Trinajstić information content (AvgIpc) is 2.35. The summed E-state index contributed by atoms with van der Waals surface area (Å²) < 4.78 is 0. The summed E-state index contributed by atoms with van der Waals surface area (Å²) in [5, 5.41) is 14.8. The second-order valence-corrected chi connectivity index (χ2v) is 4.24. The third-order valence-electron chi connectivity index (χ3n) is 2.31. The molecule has 5 heteroatoms. The Morgan fingerprint density at radius 2 is 2.12 bits per heavy atom. The van der Waals surface area contributed by atoms with Gasteiger partial charge in [-0.05, 0) is 36.9 Å². The molecule has 0 radical (unpaired) electrons. The number of amidine groups is 1. The molecule has 88 valence electrons.